The summed E-state index contributed by atoms with van der Waals surface area (Å²) in [5.74, 6) is 1.38. The number of nitrogens with zero attached hydrogens (tertiary/aromatic N) is 1. The summed E-state index contributed by atoms with van der Waals surface area (Å²) in [5.41, 5.74) is 0. The number of hydrogen-bond donors (Lipinski definition) is 1. The van der Waals surface area contributed by atoms with E-state index in [1.165, 1.54) is 4.88 Å². The van der Waals surface area contributed by atoms with Crippen molar-refractivity contribution in [1.82, 2.24) is 10.2 Å². The van der Waals surface area contributed by atoms with E-state index in [2.05, 4.69) is 18.3 Å². The van der Waals surface area contributed by atoms with Gasteiger partial charge in [0.1, 0.15) is 5.76 Å². The second kappa shape index (κ2) is 6.45. The highest BCUT2D eigenvalue weighted by Crippen LogP contribution is 2.21. The number of rotatable bonds is 5. The van der Waals surface area contributed by atoms with Crippen LogP contribution in [0.5, 0.6) is 0 Å². The van der Waals surface area contributed by atoms with Gasteiger partial charge in [-0.1, -0.05) is 13.0 Å². The Kier molecular flexibility index (Phi) is 4.41. The lowest BCUT2D eigenvalue weighted by Crippen LogP contribution is -2.45. The molecule has 0 bridgehead atoms. The van der Waals surface area contributed by atoms with Crippen molar-refractivity contribution in [2.24, 2.45) is 5.92 Å². The van der Waals surface area contributed by atoms with Crippen LogP contribution in [0.2, 0.25) is 0 Å². The molecule has 1 fully saturated rings. The molecule has 1 aliphatic heterocycles. The maximum atomic E-state index is 12.8. The Hall–Kier alpha value is -1.59. The maximum Gasteiger partial charge on any atom is 0.240 e. The molecule has 112 valence electrons. The summed E-state index contributed by atoms with van der Waals surface area (Å²) in [6.07, 6.45) is 2.71. The third-order valence-corrected chi connectivity index (χ3v) is 4.83. The van der Waals surface area contributed by atoms with E-state index in [4.69, 9.17) is 4.42 Å². The molecule has 2 aromatic rings. The molecule has 0 aromatic carbocycles. The molecule has 3 heterocycles. The minimum atomic E-state index is -0.0695. The van der Waals surface area contributed by atoms with Crippen molar-refractivity contribution in [2.45, 2.75) is 32.5 Å². The lowest BCUT2D eigenvalue weighted by molar-refractivity contribution is -0.135. The third kappa shape index (κ3) is 3.36. The van der Waals surface area contributed by atoms with Crippen LogP contribution in [-0.4, -0.2) is 23.4 Å². The Morgan fingerprint density at radius 1 is 1.43 bits per heavy atom. The van der Waals surface area contributed by atoms with Gasteiger partial charge in [-0.05, 0) is 42.5 Å². The van der Waals surface area contributed by atoms with Gasteiger partial charge in [-0.25, -0.2) is 0 Å². The van der Waals surface area contributed by atoms with Crippen LogP contribution in [0, 0.1) is 5.92 Å². The van der Waals surface area contributed by atoms with Gasteiger partial charge in [0.2, 0.25) is 5.91 Å². The number of furan rings is 1. The molecule has 2 atom stereocenters. The number of carbonyl (C=O) groups excluding carboxylic acids is 1. The highest BCUT2D eigenvalue weighted by Gasteiger charge is 2.33. The number of amides is 1. The average Bonchev–Trinajstić information content (AvgIpc) is 3.19. The van der Waals surface area contributed by atoms with E-state index in [9.17, 15) is 4.79 Å². The van der Waals surface area contributed by atoms with E-state index in [1.807, 2.05) is 28.5 Å². The summed E-state index contributed by atoms with van der Waals surface area (Å²) in [7, 11) is 0. The monoisotopic (exact) mass is 304 g/mol. The fourth-order valence-corrected chi connectivity index (χ4v) is 3.47. The summed E-state index contributed by atoms with van der Waals surface area (Å²) in [6.45, 7) is 4.22. The van der Waals surface area contributed by atoms with E-state index in [-0.39, 0.29) is 11.9 Å². The molecular formula is C16H20N2O2S. The van der Waals surface area contributed by atoms with Crippen LogP contribution in [0.4, 0.5) is 0 Å². The summed E-state index contributed by atoms with van der Waals surface area (Å²) in [6, 6.07) is 7.80. The molecule has 0 spiro atoms. The van der Waals surface area contributed by atoms with Crippen molar-refractivity contribution in [1.29, 1.82) is 0 Å². The number of nitrogens with one attached hydrogen (secondary N) is 1. The number of carbonyl (C=O) groups is 1. The predicted octanol–water partition coefficient (Wildman–Crippen LogP) is 2.87. The Balaban J connectivity index is 1.75. The molecule has 4 nitrogen and oxygen atoms in total. The van der Waals surface area contributed by atoms with Crippen molar-refractivity contribution in [3.8, 4) is 0 Å². The molecule has 0 aliphatic carbocycles. The van der Waals surface area contributed by atoms with Crippen molar-refractivity contribution < 1.29 is 9.21 Å². The van der Waals surface area contributed by atoms with E-state index < -0.39 is 0 Å². The topological polar surface area (TPSA) is 45.5 Å². The van der Waals surface area contributed by atoms with Gasteiger partial charge in [-0.3, -0.25) is 4.79 Å². The first-order chi connectivity index (χ1) is 10.2. The Bertz CT molecular complexity index is 529. The zero-order valence-corrected chi connectivity index (χ0v) is 12.9. The second-order valence-electron chi connectivity index (χ2n) is 5.55. The van der Waals surface area contributed by atoms with Crippen LogP contribution >= 0.6 is 11.3 Å². The first-order valence-electron chi connectivity index (χ1n) is 7.31. The summed E-state index contributed by atoms with van der Waals surface area (Å²) in [5, 5.41) is 5.37. The normalized spacial score (nSPS) is 21.6. The standard InChI is InChI=1S/C16H20N2O2S/c1-12-6-7-17-15(12)16(19)18(10-13-4-2-8-20-13)11-14-5-3-9-21-14/h2-5,8-9,12,15,17H,6-7,10-11H2,1H3. The Morgan fingerprint density at radius 3 is 2.95 bits per heavy atom. The van der Waals surface area contributed by atoms with Crippen molar-refractivity contribution in [3.63, 3.8) is 0 Å². The van der Waals surface area contributed by atoms with Crippen LogP contribution in [0.25, 0.3) is 0 Å². The second-order valence-corrected chi connectivity index (χ2v) is 6.58. The molecule has 2 aromatic heterocycles. The quantitative estimate of drug-likeness (QED) is 0.924. The fraction of sp³-hybridized carbons (Fsp3) is 0.438. The largest absolute Gasteiger partial charge is 0.467 e. The molecule has 2 unspecified atom stereocenters. The maximum absolute atomic E-state index is 12.8. The van der Waals surface area contributed by atoms with Gasteiger partial charge < -0.3 is 14.6 Å². The molecule has 5 heteroatoms. The van der Waals surface area contributed by atoms with Crippen LogP contribution in [-0.2, 0) is 17.9 Å². The van der Waals surface area contributed by atoms with Crippen LogP contribution in [0.3, 0.4) is 0 Å². The number of hydrogen-bond acceptors (Lipinski definition) is 4. The SMILES string of the molecule is CC1CCNC1C(=O)N(Cc1ccco1)Cc1cccs1. The first kappa shape index (κ1) is 14.4. The van der Waals surface area contributed by atoms with Gasteiger partial charge in [0.25, 0.3) is 0 Å². The molecule has 1 N–H and O–H groups in total. The summed E-state index contributed by atoms with van der Waals surface area (Å²) < 4.78 is 5.41. The number of thiophene rings is 1. The Labute approximate surface area is 128 Å². The van der Waals surface area contributed by atoms with Gasteiger partial charge in [-0.2, -0.15) is 0 Å². The average molecular weight is 304 g/mol. The minimum Gasteiger partial charge on any atom is -0.467 e. The summed E-state index contributed by atoms with van der Waals surface area (Å²) in [4.78, 5) is 15.9. The van der Waals surface area contributed by atoms with Crippen molar-refractivity contribution >= 4 is 17.2 Å². The highest BCUT2D eigenvalue weighted by molar-refractivity contribution is 7.09. The van der Waals surface area contributed by atoms with Crippen LogP contribution in [0.15, 0.2) is 40.3 Å². The van der Waals surface area contributed by atoms with E-state index in [0.29, 0.717) is 19.0 Å². The van der Waals surface area contributed by atoms with Crippen molar-refractivity contribution in [2.75, 3.05) is 6.54 Å². The lowest BCUT2D eigenvalue weighted by Gasteiger charge is -2.26. The van der Waals surface area contributed by atoms with Gasteiger partial charge in [0.05, 0.1) is 25.4 Å². The molecule has 0 radical (unpaired) electrons. The van der Waals surface area contributed by atoms with Crippen molar-refractivity contribution in [3.05, 3.63) is 46.5 Å². The van der Waals surface area contributed by atoms with Gasteiger partial charge >= 0.3 is 0 Å². The highest BCUT2D eigenvalue weighted by atomic mass is 32.1. The minimum absolute atomic E-state index is 0.0695. The molecule has 0 saturated carbocycles. The third-order valence-electron chi connectivity index (χ3n) is 3.96. The smallest absolute Gasteiger partial charge is 0.240 e. The van der Waals surface area contributed by atoms with E-state index in [1.54, 1.807) is 17.6 Å². The van der Waals surface area contributed by atoms with Gasteiger partial charge in [-0.15, -0.1) is 11.3 Å². The summed E-state index contributed by atoms with van der Waals surface area (Å²) >= 11 is 1.68. The molecule has 1 aliphatic rings. The van der Waals surface area contributed by atoms with E-state index >= 15 is 0 Å². The van der Waals surface area contributed by atoms with E-state index in [0.717, 1.165) is 18.7 Å². The van der Waals surface area contributed by atoms with Gasteiger partial charge in [0, 0.05) is 4.88 Å². The van der Waals surface area contributed by atoms with Crippen LogP contribution < -0.4 is 5.32 Å². The molecular weight excluding hydrogens is 284 g/mol. The lowest BCUT2D eigenvalue weighted by atomic mass is 10.0. The molecule has 3 rings (SSSR count). The zero-order valence-electron chi connectivity index (χ0n) is 12.1. The molecule has 1 saturated heterocycles. The first-order valence-corrected chi connectivity index (χ1v) is 8.19. The fourth-order valence-electron chi connectivity index (χ4n) is 2.75. The molecule has 21 heavy (non-hydrogen) atoms. The molecule has 1 amide bonds. The van der Waals surface area contributed by atoms with Gasteiger partial charge in [0.15, 0.2) is 0 Å². The predicted molar refractivity (Wildman–Crippen MR) is 82.9 cm³/mol. The Morgan fingerprint density at radius 2 is 2.33 bits per heavy atom. The zero-order chi connectivity index (χ0) is 14.7. The van der Waals surface area contributed by atoms with Crippen LogP contribution in [0.1, 0.15) is 24.0 Å².